The molecule has 2 amide bonds. The highest BCUT2D eigenvalue weighted by molar-refractivity contribution is 5.88. The first-order valence-electron chi connectivity index (χ1n) is 11.6. The van der Waals surface area contributed by atoms with Crippen LogP contribution in [0.15, 0.2) is 41.3 Å². The molecule has 2 aliphatic heterocycles. The van der Waals surface area contributed by atoms with E-state index in [0.29, 0.717) is 30.8 Å². The molecular formula is C23H31N7O3. The van der Waals surface area contributed by atoms with E-state index in [1.165, 1.54) is 10.1 Å². The Labute approximate surface area is 192 Å². The van der Waals surface area contributed by atoms with Crippen LogP contribution in [0, 0.1) is 17.8 Å². The number of nitrogens with two attached hydrogens (primary N) is 1. The predicted molar refractivity (Wildman–Crippen MR) is 124 cm³/mol. The second-order valence-corrected chi connectivity index (χ2v) is 9.24. The van der Waals surface area contributed by atoms with E-state index in [-0.39, 0.29) is 24.5 Å². The summed E-state index contributed by atoms with van der Waals surface area (Å²) in [7, 11) is 0. The van der Waals surface area contributed by atoms with Gasteiger partial charge in [-0.3, -0.25) is 14.8 Å². The van der Waals surface area contributed by atoms with Gasteiger partial charge >= 0.3 is 11.7 Å². The number of piperazine rings is 1. The lowest BCUT2D eigenvalue weighted by molar-refractivity contribution is 0.204. The molecule has 2 aromatic rings. The van der Waals surface area contributed by atoms with Crippen LogP contribution in [0.3, 0.4) is 0 Å². The zero-order valence-electron chi connectivity index (χ0n) is 18.6. The molecule has 4 atom stereocenters. The normalized spacial score (nSPS) is 25.5. The van der Waals surface area contributed by atoms with Crippen LogP contribution in [0.4, 0.5) is 10.6 Å². The minimum atomic E-state index is -0.438. The van der Waals surface area contributed by atoms with Crippen molar-refractivity contribution in [3.05, 3.63) is 52.6 Å². The average molecular weight is 454 g/mol. The van der Waals surface area contributed by atoms with Crippen molar-refractivity contribution in [2.45, 2.75) is 12.6 Å². The van der Waals surface area contributed by atoms with E-state index in [1.807, 2.05) is 24.3 Å². The lowest BCUT2D eigenvalue weighted by Gasteiger charge is -2.27. The molecule has 5 N–H and O–H groups in total. The molecule has 1 aromatic carbocycles. The fourth-order valence-corrected chi connectivity index (χ4v) is 5.29. The summed E-state index contributed by atoms with van der Waals surface area (Å²) in [5, 5.41) is 15.2. The highest BCUT2D eigenvalue weighted by atomic mass is 16.3. The SMILES string of the molecule is NC(CO)C1[C@H]2CN(Cc3ccc(-n4ccc(NC(=O)N5CCNCC5)nc4=O)cc3)C[C@@H]12. The standard InChI is InChI=1S/C23H31N7O3/c24-19(14-31)21-17-12-28(13-18(17)21)11-15-1-3-16(4-2-15)30-8-5-20(27-23(30)33)26-22(32)29-9-6-25-7-10-29/h1-5,8,17-19,21,25,31H,6-7,9-14,24H2,(H,26,27,32,33)/t17-,18+,19?,21?. The van der Waals surface area contributed by atoms with E-state index < -0.39 is 5.69 Å². The number of benzene rings is 1. The molecule has 1 saturated carbocycles. The summed E-state index contributed by atoms with van der Waals surface area (Å²) in [6.45, 7) is 5.75. The number of piperidine rings is 1. The maximum Gasteiger partial charge on any atom is 0.354 e. The molecule has 0 radical (unpaired) electrons. The van der Waals surface area contributed by atoms with Crippen molar-refractivity contribution in [3.63, 3.8) is 0 Å². The summed E-state index contributed by atoms with van der Waals surface area (Å²) in [4.78, 5) is 33.0. The third-order valence-corrected chi connectivity index (χ3v) is 7.10. The fourth-order valence-electron chi connectivity index (χ4n) is 5.29. The van der Waals surface area contributed by atoms with Crippen LogP contribution in [0.1, 0.15) is 5.56 Å². The van der Waals surface area contributed by atoms with E-state index in [1.54, 1.807) is 17.2 Å². The van der Waals surface area contributed by atoms with Gasteiger partial charge in [-0.1, -0.05) is 12.1 Å². The zero-order chi connectivity index (χ0) is 22.9. The molecule has 2 saturated heterocycles. The zero-order valence-corrected chi connectivity index (χ0v) is 18.6. The Hall–Kier alpha value is -2.79. The fraction of sp³-hybridized carbons (Fsp3) is 0.522. The molecule has 2 unspecified atom stereocenters. The minimum absolute atomic E-state index is 0.0663. The number of hydrogen-bond donors (Lipinski definition) is 4. The molecule has 0 spiro atoms. The second kappa shape index (κ2) is 9.22. The topological polar surface area (TPSA) is 129 Å². The van der Waals surface area contributed by atoms with Crippen molar-refractivity contribution in [1.82, 2.24) is 24.7 Å². The Kier molecular flexibility index (Phi) is 6.15. The number of aliphatic hydroxyl groups is 1. The van der Waals surface area contributed by atoms with Gasteiger partial charge in [0.05, 0.1) is 12.3 Å². The van der Waals surface area contributed by atoms with Gasteiger partial charge in [-0.25, -0.2) is 9.59 Å². The van der Waals surface area contributed by atoms with Gasteiger partial charge in [0.15, 0.2) is 0 Å². The van der Waals surface area contributed by atoms with E-state index >= 15 is 0 Å². The first-order chi connectivity index (χ1) is 16.0. The Balaban J connectivity index is 1.17. The van der Waals surface area contributed by atoms with Gasteiger partial charge in [0.25, 0.3) is 0 Å². The van der Waals surface area contributed by atoms with Crippen molar-refractivity contribution in [2.75, 3.05) is 51.2 Å². The highest BCUT2D eigenvalue weighted by Crippen LogP contribution is 2.53. The monoisotopic (exact) mass is 453 g/mol. The van der Waals surface area contributed by atoms with Gasteiger partial charge in [0.1, 0.15) is 5.82 Å². The van der Waals surface area contributed by atoms with Gasteiger partial charge in [0, 0.05) is 58.1 Å². The Morgan fingerprint density at radius 3 is 2.52 bits per heavy atom. The average Bonchev–Trinajstić information content (AvgIpc) is 3.34. The third-order valence-electron chi connectivity index (χ3n) is 7.10. The highest BCUT2D eigenvalue weighted by Gasteiger charge is 2.57. The van der Waals surface area contributed by atoms with Crippen LogP contribution in [0.2, 0.25) is 0 Å². The Morgan fingerprint density at radius 1 is 1.18 bits per heavy atom. The summed E-state index contributed by atoms with van der Waals surface area (Å²) in [6, 6.07) is 9.20. The Bertz CT molecular complexity index is 1040. The van der Waals surface area contributed by atoms with Crippen LogP contribution in [-0.2, 0) is 6.54 Å². The summed E-state index contributed by atoms with van der Waals surface area (Å²) >= 11 is 0. The lowest BCUT2D eigenvalue weighted by Crippen LogP contribution is -2.48. The number of fused-ring (bicyclic) bond motifs is 1. The van der Waals surface area contributed by atoms with Gasteiger partial charge in [0.2, 0.25) is 0 Å². The number of likely N-dealkylation sites (tertiary alicyclic amines) is 1. The third kappa shape index (κ3) is 4.65. The van der Waals surface area contributed by atoms with E-state index in [2.05, 4.69) is 20.5 Å². The molecule has 1 aromatic heterocycles. The molecule has 10 heteroatoms. The number of amides is 2. The smallest absolute Gasteiger partial charge is 0.354 e. The maximum absolute atomic E-state index is 12.6. The largest absolute Gasteiger partial charge is 0.395 e. The number of rotatable bonds is 6. The number of carbonyl (C=O) groups excluding carboxylic acids is 1. The number of nitrogens with zero attached hydrogens (tertiary/aromatic N) is 4. The number of carbonyl (C=O) groups is 1. The van der Waals surface area contributed by atoms with E-state index in [0.717, 1.165) is 38.4 Å². The molecule has 10 nitrogen and oxygen atoms in total. The van der Waals surface area contributed by atoms with Crippen LogP contribution in [0.5, 0.6) is 0 Å². The van der Waals surface area contributed by atoms with Crippen molar-refractivity contribution >= 4 is 11.8 Å². The van der Waals surface area contributed by atoms with Gasteiger partial charge in [-0.05, 0) is 41.5 Å². The molecule has 33 heavy (non-hydrogen) atoms. The molecule has 1 aliphatic carbocycles. The van der Waals surface area contributed by atoms with Crippen LogP contribution >= 0.6 is 0 Å². The predicted octanol–water partition coefficient (Wildman–Crippen LogP) is -0.333. The van der Waals surface area contributed by atoms with Gasteiger partial charge in [-0.2, -0.15) is 4.98 Å². The first-order valence-corrected chi connectivity index (χ1v) is 11.6. The maximum atomic E-state index is 12.6. The molecule has 176 valence electrons. The van der Waals surface area contributed by atoms with Crippen LogP contribution < -0.4 is 22.1 Å². The number of aliphatic hydroxyl groups excluding tert-OH is 1. The number of hydrogen-bond acceptors (Lipinski definition) is 7. The van der Waals surface area contributed by atoms with Crippen molar-refractivity contribution in [1.29, 1.82) is 0 Å². The minimum Gasteiger partial charge on any atom is -0.395 e. The molecular weight excluding hydrogens is 422 g/mol. The van der Waals surface area contributed by atoms with Crippen molar-refractivity contribution in [3.8, 4) is 5.69 Å². The van der Waals surface area contributed by atoms with Crippen LogP contribution in [-0.4, -0.2) is 82.4 Å². The second-order valence-electron chi connectivity index (χ2n) is 9.24. The summed E-state index contributed by atoms with van der Waals surface area (Å²) < 4.78 is 1.47. The number of aromatic nitrogens is 2. The summed E-state index contributed by atoms with van der Waals surface area (Å²) in [6.07, 6.45) is 1.64. The quantitative estimate of drug-likeness (QED) is 0.471. The van der Waals surface area contributed by atoms with Crippen molar-refractivity contribution < 1.29 is 9.90 Å². The summed E-state index contributed by atoms with van der Waals surface area (Å²) in [5.74, 6) is 1.95. The molecule has 5 rings (SSSR count). The number of nitrogens with one attached hydrogen (secondary N) is 2. The molecule has 0 bridgehead atoms. The summed E-state index contributed by atoms with van der Waals surface area (Å²) in [5.41, 5.74) is 7.47. The first kappa shape index (κ1) is 22.0. The number of anilines is 1. The molecule has 3 fully saturated rings. The molecule has 3 aliphatic rings. The molecule has 3 heterocycles. The van der Waals surface area contributed by atoms with E-state index in [4.69, 9.17) is 5.73 Å². The van der Waals surface area contributed by atoms with Gasteiger partial charge in [-0.15, -0.1) is 0 Å². The number of urea groups is 1. The Morgan fingerprint density at radius 2 is 1.88 bits per heavy atom. The van der Waals surface area contributed by atoms with Gasteiger partial charge < -0.3 is 21.1 Å². The lowest BCUT2D eigenvalue weighted by atomic mass is 10.1. The van der Waals surface area contributed by atoms with Crippen LogP contribution in [0.25, 0.3) is 5.69 Å². The van der Waals surface area contributed by atoms with Crippen molar-refractivity contribution in [2.24, 2.45) is 23.5 Å². The van der Waals surface area contributed by atoms with E-state index in [9.17, 15) is 14.7 Å².